The third-order valence-electron chi connectivity index (χ3n) is 3.54. The van der Waals surface area contributed by atoms with Crippen molar-refractivity contribution in [3.8, 4) is 0 Å². The number of nitrogens with two attached hydrogens (primary N) is 1. The van der Waals surface area contributed by atoms with Gasteiger partial charge < -0.3 is 5.73 Å². The monoisotopic (exact) mass is 181 g/mol. The van der Waals surface area contributed by atoms with E-state index in [9.17, 15) is 0 Å². The lowest BCUT2D eigenvalue weighted by Gasteiger charge is -2.33. The molecule has 0 bridgehead atoms. The predicted molar refractivity (Wildman–Crippen MR) is 58.5 cm³/mol. The Morgan fingerprint density at radius 3 is 2.77 bits per heavy atom. The summed E-state index contributed by atoms with van der Waals surface area (Å²) in [4.78, 5) is 0. The van der Waals surface area contributed by atoms with Gasteiger partial charge in [-0.2, -0.15) is 0 Å². The molecule has 1 aliphatic carbocycles. The van der Waals surface area contributed by atoms with Crippen LogP contribution >= 0.6 is 0 Å². The Balaban J connectivity index is 2.68. The predicted octanol–water partition coefficient (Wildman–Crippen LogP) is 3.11. The van der Waals surface area contributed by atoms with Gasteiger partial charge in [-0.05, 0) is 38.5 Å². The van der Waals surface area contributed by atoms with Crippen LogP contribution in [0.1, 0.15) is 46.5 Å². The molecule has 0 heterocycles. The van der Waals surface area contributed by atoms with Crippen LogP contribution < -0.4 is 5.73 Å². The lowest BCUT2D eigenvalue weighted by Crippen LogP contribution is -2.36. The molecule has 0 fully saturated rings. The van der Waals surface area contributed by atoms with E-state index in [4.69, 9.17) is 5.73 Å². The quantitative estimate of drug-likeness (QED) is 0.618. The fraction of sp³-hybridized carbons (Fsp3) is 0.833. The molecular formula is C12H23N. The Bertz CT molecular complexity index is 184. The molecule has 0 aliphatic heterocycles. The Morgan fingerprint density at radius 1 is 1.46 bits per heavy atom. The van der Waals surface area contributed by atoms with E-state index in [0.29, 0.717) is 0 Å². The lowest BCUT2D eigenvalue weighted by atomic mass is 9.75. The highest BCUT2D eigenvalue weighted by Gasteiger charge is 2.26. The largest absolute Gasteiger partial charge is 0.327 e. The van der Waals surface area contributed by atoms with Gasteiger partial charge in [-0.1, -0.05) is 26.0 Å². The summed E-state index contributed by atoms with van der Waals surface area (Å²) in [5, 5.41) is 0. The van der Waals surface area contributed by atoms with Crippen LogP contribution in [0, 0.1) is 11.3 Å². The topological polar surface area (TPSA) is 26.0 Å². The zero-order valence-corrected chi connectivity index (χ0v) is 9.22. The molecule has 0 saturated heterocycles. The molecule has 0 aromatic heterocycles. The minimum absolute atomic E-state index is 0.231. The van der Waals surface area contributed by atoms with Crippen molar-refractivity contribution in [2.24, 2.45) is 17.1 Å². The molecule has 3 unspecified atom stereocenters. The first-order valence-electron chi connectivity index (χ1n) is 5.48. The maximum Gasteiger partial charge on any atom is 0.00991 e. The van der Waals surface area contributed by atoms with Gasteiger partial charge in [0.05, 0.1) is 0 Å². The average Bonchev–Trinajstić information content (AvgIpc) is 2.06. The van der Waals surface area contributed by atoms with E-state index in [2.05, 4.69) is 32.9 Å². The zero-order chi connectivity index (χ0) is 9.90. The highest BCUT2D eigenvalue weighted by molar-refractivity contribution is 5.02. The van der Waals surface area contributed by atoms with E-state index >= 15 is 0 Å². The second-order valence-electron chi connectivity index (χ2n) is 4.92. The molecule has 0 aromatic rings. The Kier molecular flexibility index (Phi) is 3.55. The van der Waals surface area contributed by atoms with Crippen molar-refractivity contribution in [1.82, 2.24) is 0 Å². The maximum absolute atomic E-state index is 6.02. The number of hydrogen-bond donors (Lipinski definition) is 1. The van der Waals surface area contributed by atoms with Crippen LogP contribution in [0.5, 0.6) is 0 Å². The van der Waals surface area contributed by atoms with Crippen molar-refractivity contribution in [1.29, 1.82) is 0 Å². The smallest absolute Gasteiger partial charge is 0.00991 e. The van der Waals surface area contributed by atoms with Crippen LogP contribution in [0.4, 0.5) is 0 Å². The van der Waals surface area contributed by atoms with Crippen molar-refractivity contribution in [3.05, 3.63) is 12.2 Å². The first-order valence-corrected chi connectivity index (χ1v) is 5.48. The number of hydrogen-bond acceptors (Lipinski definition) is 1. The second-order valence-corrected chi connectivity index (χ2v) is 4.92. The molecule has 2 N–H and O–H groups in total. The average molecular weight is 181 g/mol. The third-order valence-corrected chi connectivity index (χ3v) is 3.54. The standard InChI is InChI=1S/C12H23N/c1-10-6-4-5-8-12(3,9-7-10)11(2)13/h5,8,10-11H,4,6-7,9,13H2,1-3H3/b8-5-. The molecule has 0 spiro atoms. The van der Waals surface area contributed by atoms with Gasteiger partial charge in [0.1, 0.15) is 0 Å². The molecule has 0 saturated carbocycles. The van der Waals surface area contributed by atoms with Crippen molar-refractivity contribution >= 4 is 0 Å². The van der Waals surface area contributed by atoms with Gasteiger partial charge in [-0.3, -0.25) is 0 Å². The minimum atomic E-state index is 0.231. The van der Waals surface area contributed by atoms with Crippen molar-refractivity contribution < 1.29 is 0 Å². The number of allylic oxidation sites excluding steroid dienone is 1. The maximum atomic E-state index is 6.02. The zero-order valence-electron chi connectivity index (χ0n) is 9.22. The molecule has 1 nitrogen and oxygen atoms in total. The fourth-order valence-corrected chi connectivity index (χ4v) is 1.90. The van der Waals surface area contributed by atoms with E-state index < -0.39 is 0 Å². The van der Waals surface area contributed by atoms with Crippen LogP contribution in [0.2, 0.25) is 0 Å². The summed E-state index contributed by atoms with van der Waals surface area (Å²) in [5.41, 5.74) is 6.25. The van der Waals surface area contributed by atoms with Gasteiger partial charge in [-0.25, -0.2) is 0 Å². The summed E-state index contributed by atoms with van der Waals surface area (Å²) in [6, 6.07) is 0.272. The second kappa shape index (κ2) is 4.28. The van der Waals surface area contributed by atoms with Crippen molar-refractivity contribution in [3.63, 3.8) is 0 Å². The number of rotatable bonds is 1. The molecule has 76 valence electrons. The van der Waals surface area contributed by atoms with Crippen LogP contribution in [-0.4, -0.2) is 6.04 Å². The molecule has 0 aromatic carbocycles. The van der Waals surface area contributed by atoms with Crippen LogP contribution in [0.15, 0.2) is 12.2 Å². The first-order chi connectivity index (χ1) is 6.04. The van der Waals surface area contributed by atoms with Gasteiger partial charge >= 0.3 is 0 Å². The Labute approximate surface area is 82.4 Å². The van der Waals surface area contributed by atoms with E-state index in [-0.39, 0.29) is 11.5 Å². The van der Waals surface area contributed by atoms with Gasteiger partial charge in [0.2, 0.25) is 0 Å². The molecular weight excluding hydrogens is 158 g/mol. The molecule has 3 atom stereocenters. The van der Waals surface area contributed by atoms with Gasteiger partial charge in [0.25, 0.3) is 0 Å². The summed E-state index contributed by atoms with van der Waals surface area (Å²) in [5.74, 6) is 0.864. The van der Waals surface area contributed by atoms with E-state index in [1.807, 2.05) is 0 Å². The van der Waals surface area contributed by atoms with Crippen molar-refractivity contribution in [2.45, 2.75) is 52.5 Å². The normalized spacial score (nSPS) is 40.5. The van der Waals surface area contributed by atoms with E-state index in [0.717, 1.165) is 5.92 Å². The van der Waals surface area contributed by atoms with Gasteiger partial charge in [-0.15, -0.1) is 0 Å². The van der Waals surface area contributed by atoms with Gasteiger partial charge in [0, 0.05) is 11.5 Å². The van der Waals surface area contributed by atoms with Crippen molar-refractivity contribution in [2.75, 3.05) is 0 Å². The highest BCUT2D eigenvalue weighted by atomic mass is 14.7. The SMILES string of the molecule is CC1CC/C=C\C(C)(C(C)N)CC1. The molecule has 0 amide bonds. The molecule has 1 aliphatic rings. The minimum Gasteiger partial charge on any atom is -0.327 e. The summed E-state index contributed by atoms with van der Waals surface area (Å²) >= 11 is 0. The van der Waals surface area contributed by atoms with Gasteiger partial charge in [0.15, 0.2) is 0 Å². The van der Waals surface area contributed by atoms with Crippen LogP contribution in [0.3, 0.4) is 0 Å². The third kappa shape index (κ3) is 2.84. The summed E-state index contributed by atoms with van der Waals surface area (Å²) in [6.45, 7) is 6.75. The van der Waals surface area contributed by atoms with E-state index in [1.54, 1.807) is 0 Å². The highest BCUT2D eigenvalue weighted by Crippen LogP contribution is 2.33. The molecule has 13 heavy (non-hydrogen) atoms. The molecule has 0 radical (unpaired) electrons. The summed E-state index contributed by atoms with van der Waals surface area (Å²) < 4.78 is 0. The summed E-state index contributed by atoms with van der Waals surface area (Å²) in [7, 11) is 0. The Morgan fingerprint density at radius 2 is 2.15 bits per heavy atom. The fourth-order valence-electron chi connectivity index (χ4n) is 1.90. The first kappa shape index (κ1) is 10.8. The van der Waals surface area contributed by atoms with Crippen LogP contribution in [-0.2, 0) is 0 Å². The van der Waals surface area contributed by atoms with E-state index in [1.165, 1.54) is 25.7 Å². The summed E-state index contributed by atoms with van der Waals surface area (Å²) in [6.07, 6.45) is 9.78. The molecule has 1 heteroatoms. The molecule has 1 rings (SSSR count). The Hall–Kier alpha value is -0.300. The van der Waals surface area contributed by atoms with Crippen LogP contribution in [0.25, 0.3) is 0 Å². The lowest BCUT2D eigenvalue weighted by molar-refractivity contribution is 0.283.